The van der Waals surface area contributed by atoms with Crippen LogP contribution in [0, 0.1) is 0 Å². The Morgan fingerprint density at radius 2 is 2.41 bits per heavy atom. The number of nitrogens with zero attached hydrogens (tertiary/aromatic N) is 3. The Bertz CT molecular complexity index is 486. The van der Waals surface area contributed by atoms with Gasteiger partial charge in [0, 0.05) is 30.5 Å². The van der Waals surface area contributed by atoms with Crippen LogP contribution in [-0.2, 0) is 0 Å². The van der Waals surface area contributed by atoms with Crippen LogP contribution in [0.4, 0.5) is 0 Å². The highest BCUT2D eigenvalue weighted by molar-refractivity contribution is 5.92. The van der Waals surface area contributed by atoms with Crippen LogP contribution in [0.15, 0.2) is 35.6 Å². The topological polar surface area (TPSA) is 73.0 Å². The Hall–Kier alpha value is -2.11. The Labute approximate surface area is 97.6 Å². The standard InChI is InChI=1S/C11H12N4O2/c16-11(10-1-4-17-14-10)13-8-5-9(6-8)15-3-2-12-7-15/h1-4,7-9H,5-6H2,(H,13,16). The number of aromatic nitrogens is 3. The van der Waals surface area contributed by atoms with Crippen molar-refractivity contribution in [2.45, 2.75) is 24.9 Å². The summed E-state index contributed by atoms with van der Waals surface area (Å²) in [6.07, 6.45) is 8.77. The molecule has 0 atom stereocenters. The van der Waals surface area contributed by atoms with E-state index in [9.17, 15) is 4.79 Å². The molecule has 1 aliphatic rings. The molecule has 1 aliphatic carbocycles. The first-order chi connectivity index (χ1) is 8.33. The van der Waals surface area contributed by atoms with E-state index in [1.165, 1.54) is 6.26 Å². The zero-order chi connectivity index (χ0) is 11.7. The van der Waals surface area contributed by atoms with Gasteiger partial charge in [-0.2, -0.15) is 0 Å². The summed E-state index contributed by atoms with van der Waals surface area (Å²) in [6.45, 7) is 0. The summed E-state index contributed by atoms with van der Waals surface area (Å²) in [5, 5.41) is 6.51. The molecule has 17 heavy (non-hydrogen) atoms. The third-order valence-corrected chi connectivity index (χ3v) is 3.07. The summed E-state index contributed by atoms with van der Waals surface area (Å²) < 4.78 is 6.69. The van der Waals surface area contributed by atoms with E-state index in [0.29, 0.717) is 11.7 Å². The van der Waals surface area contributed by atoms with E-state index in [0.717, 1.165) is 12.8 Å². The van der Waals surface area contributed by atoms with Gasteiger partial charge in [-0.1, -0.05) is 5.16 Å². The van der Waals surface area contributed by atoms with Crippen LogP contribution in [0.2, 0.25) is 0 Å². The average molecular weight is 232 g/mol. The molecule has 6 nitrogen and oxygen atoms in total. The van der Waals surface area contributed by atoms with Crippen molar-refractivity contribution in [1.29, 1.82) is 0 Å². The number of amides is 1. The van der Waals surface area contributed by atoms with Gasteiger partial charge in [0.15, 0.2) is 5.69 Å². The zero-order valence-electron chi connectivity index (χ0n) is 9.11. The quantitative estimate of drug-likeness (QED) is 0.857. The number of rotatable bonds is 3. The van der Waals surface area contributed by atoms with E-state index in [2.05, 4.69) is 24.5 Å². The minimum atomic E-state index is -0.173. The fraction of sp³-hybridized carbons (Fsp3) is 0.364. The predicted octanol–water partition coefficient (Wildman–Crippen LogP) is 1.00. The summed E-state index contributed by atoms with van der Waals surface area (Å²) in [7, 11) is 0. The van der Waals surface area contributed by atoms with Crippen molar-refractivity contribution >= 4 is 5.91 Å². The number of carbonyl (C=O) groups is 1. The lowest BCUT2D eigenvalue weighted by Crippen LogP contribution is -2.44. The molecule has 0 aromatic carbocycles. The van der Waals surface area contributed by atoms with Crippen molar-refractivity contribution < 1.29 is 9.32 Å². The summed E-state index contributed by atoms with van der Waals surface area (Å²) in [4.78, 5) is 15.7. The molecule has 0 aliphatic heterocycles. The maximum Gasteiger partial charge on any atom is 0.273 e. The molecule has 0 saturated heterocycles. The Kier molecular flexibility index (Phi) is 2.40. The highest BCUT2D eigenvalue weighted by Gasteiger charge is 2.31. The predicted molar refractivity (Wildman–Crippen MR) is 58.3 cm³/mol. The van der Waals surface area contributed by atoms with E-state index in [4.69, 9.17) is 0 Å². The van der Waals surface area contributed by atoms with Gasteiger partial charge in [0.1, 0.15) is 6.26 Å². The Balaban J connectivity index is 1.52. The lowest BCUT2D eigenvalue weighted by atomic mass is 9.86. The third-order valence-electron chi connectivity index (χ3n) is 3.07. The molecule has 3 rings (SSSR count). The average Bonchev–Trinajstić information content (AvgIpc) is 2.93. The first-order valence-electron chi connectivity index (χ1n) is 5.51. The van der Waals surface area contributed by atoms with Gasteiger partial charge in [-0.25, -0.2) is 4.98 Å². The number of hydrogen-bond donors (Lipinski definition) is 1. The van der Waals surface area contributed by atoms with Crippen molar-refractivity contribution in [2.75, 3.05) is 0 Å². The van der Waals surface area contributed by atoms with Crippen LogP contribution in [0.3, 0.4) is 0 Å². The van der Waals surface area contributed by atoms with Crippen LogP contribution >= 0.6 is 0 Å². The van der Waals surface area contributed by atoms with Gasteiger partial charge in [-0.3, -0.25) is 4.79 Å². The second kappa shape index (κ2) is 4.04. The molecule has 2 aromatic rings. The second-order valence-electron chi connectivity index (χ2n) is 4.19. The largest absolute Gasteiger partial charge is 0.364 e. The van der Waals surface area contributed by atoms with Gasteiger partial charge in [-0.15, -0.1) is 0 Å². The molecule has 0 radical (unpaired) electrons. The molecule has 1 N–H and O–H groups in total. The maximum atomic E-state index is 11.6. The highest BCUT2D eigenvalue weighted by atomic mass is 16.5. The minimum absolute atomic E-state index is 0.173. The molecular weight excluding hydrogens is 220 g/mol. The molecule has 1 amide bonds. The van der Waals surface area contributed by atoms with Gasteiger partial charge >= 0.3 is 0 Å². The number of hydrogen-bond acceptors (Lipinski definition) is 4. The first kappa shape index (κ1) is 10.1. The van der Waals surface area contributed by atoms with Crippen LogP contribution in [0.25, 0.3) is 0 Å². The fourth-order valence-corrected chi connectivity index (χ4v) is 2.02. The van der Waals surface area contributed by atoms with E-state index in [1.807, 2.05) is 6.20 Å². The molecule has 6 heteroatoms. The fourth-order valence-electron chi connectivity index (χ4n) is 2.02. The van der Waals surface area contributed by atoms with Crippen LogP contribution in [-0.4, -0.2) is 26.7 Å². The minimum Gasteiger partial charge on any atom is -0.364 e. The van der Waals surface area contributed by atoms with Gasteiger partial charge in [0.2, 0.25) is 0 Å². The van der Waals surface area contributed by atoms with Gasteiger partial charge in [0.25, 0.3) is 5.91 Å². The SMILES string of the molecule is O=C(NC1CC(n2ccnc2)C1)c1ccon1. The van der Waals surface area contributed by atoms with Crippen molar-refractivity contribution in [3.8, 4) is 0 Å². The smallest absolute Gasteiger partial charge is 0.273 e. The molecule has 0 spiro atoms. The van der Waals surface area contributed by atoms with E-state index in [1.54, 1.807) is 18.6 Å². The number of nitrogens with one attached hydrogen (secondary N) is 1. The highest BCUT2D eigenvalue weighted by Crippen LogP contribution is 2.31. The van der Waals surface area contributed by atoms with E-state index in [-0.39, 0.29) is 11.9 Å². The lowest BCUT2D eigenvalue weighted by molar-refractivity contribution is 0.0884. The monoisotopic (exact) mass is 232 g/mol. The molecule has 1 saturated carbocycles. The van der Waals surface area contributed by atoms with E-state index >= 15 is 0 Å². The summed E-state index contributed by atoms with van der Waals surface area (Å²) >= 11 is 0. The third kappa shape index (κ3) is 1.93. The molecule has 0 unspecified atom stereocenters. The molecule has 2 heterocycles. The Morgan fingerprint density at radius 1 is 1.53 bits per heavy atom. The van der Waals surface area contributed by atoms with Crippen LogP contribution in [0.5, 0.6) is 0 Å². The van der Waals surface area contributed by atoms with Gasteiger partial charge in [0.05, 0.1) is 6.33 Å². The number of carbonyl (C=O) groups excluding carboxylic acids is 1. The van der Waals surface area contributed by atoms with Crippen LogP contribution < -0.4 is 5.32 Å². The normalized spacial score (nSPS) is 23.1. The summed E-state index contributed by atoms with van der Waals surface area (Å²) in [5.74, 6) is -0.173. The van der Waals surface area contributed by atoms with Crippen molar-refractivity contribution in [2.24, 2.45) is 0 Å². The van der Waals surface area contributed by atoms with Crippen LogP contribution in [0.1, 0.15) is 29.4 Å². The zero-order valence-corrected chi connectivity index (χ0v) is 9.11. The molecule has 0 bridgehead atoms. The molecule has 88 valence electrons. The lowest BCUT2D eigenvalue weighted by Gasteiger charge is -2.36. The summed E-state index contributed by atoms with van der Waals surface area (Å²) in [5.41, 5.74) is 0.330. The first-order valence-corrected chi connectivity index (χ1v) is 5.51. The molecule has 2 aromatic heterocycles. The van der Waals surface area contributed by atoms with Crippen molar-refractivity contribution in [3.05, 3.63) is 36.7 Å². The maximum absolute atomic E-state index is 11.6. The molecular formula is C11H12N4O2. The number of imidazole rings is 1. The van der Waals surface area contributed by atoms with Gasteiger partial charge in [-0.05, 0) is 12.8 Å². The van der Waals surface area contributed by atoms with Crippen molar-refractivity contribution in [3.63, 3.8) is 0 Å². The van der Waals surface area contributed by atoms with Gasteiger partial charge < -0.3 is 14.4 Å². The second-order valence-corrected chi connectivity index (χ2v) is 4.19. The van der Waals surface area contributed by atoms with E-state index < -0.39 is 0 Å². The summed E-state index contributed by atoms with van der Waals surface area (Å²) in [6, 6.07) is 2.22. The molecule has 1 fully saturated rings. The Morgan fingerprint density at radius 3 is 3.06 bits per heavy atom. The van der Waals surface area contributed by atoms with Crippen molar-refractivity contribution in [1.82, 2.24) is 20.0 Å².